The van der Waals surface area contributed by atoms with E-state index in [1.54, 1.807) is 24.1 Å². The topological polar surface area (TPSA) is 55.9 Å². The molecule has 0 amide bonds. The predicted molar refractivity (Wildman–Crippen MR) is 62.3 cm³/mol. The van der Waals surface area contributed by atoms with E-state index >= 15 is 0 Å². The van der Waals surface area contributed by atoms with E-state index in [0.29, 0.717) is 11.4 Å². The molecule has 18 heavy (non-hydrogen) atoms. The van der Waals surface area contributed by atoms with Crippen molar-refractivity contribution in [1.29, 1.82) is 0 Å². The molecule has 0 aliphatic rings. The largest absolute Gasteiger partial charge is 0.416 e. The van der Waals surface area contributed by atoms with Crippen molar-refractivity contribution < 1.29 is 13.2 Å². The Morgan fingerprint density at radius 1 is 1.33 bits per heavy atom. The Hall–Kier alpha value is -2.18. The smallest absolute Gasteiger partial charge is 0.397 e. The fourth-order valence-electron chi connectivity index (χ4n) is 1.49. The van der Waals surface area contributed by atoms with E-state index in [1.165, 1.54) is 6.07 Å². The van der Waals surface area contributed by atoms with Gasteiger partial charge in [0, 0.05) is 13.2 Å². The van der Waals surface area contributed by atoms with E-state index in [9.17, 15) is 13.2 Å². The molecule has 0 aliphatic carbocycles. The van der Waals surface area contributed by atoms with Crippen molar-refractivity contribution in [3.63, 3.8) is 0 Å². The number of anilines is 3. The van der Waals surface area contributed by atoms with E-state index in [4.69, 9.17) is 5.73 Å². The molecule has 7 heteroatoms. The van der Waals surface area contributed by atoms with Crippen LogP contribution in [0.2, 0.25) is 0 Å². The third-order valence-corrected chi connectivity index (χ3v) is 2.36. The van der Waals surface area contributed by atoms with Gasteiger partial charge >= 0.3 is 6.18 Å². The molecule has 0 atom stereocenters. The highest BCUT2D eigenvalue weighted by atomic mass is 19.4. The molecule has 2 rings (SSSR count). The third kappa shape index (κ3) is 2.55. The van der Waals surface area contributed by atoms with E-state index in [1.807, 2.05) is 0 Å². The molecule has 0 unspecified atom stereocenters. The first kappa shape index (κ1) is 12.3. The van der Waals surface area contributed by atoms with Crippen LogP contribution in [-0.2, 0) is 13.2 Å². The van der Waals surface area contributed by atoms with Crippen LogP contribution in [0, 0.1) is 0 Å². The summed E-state index contributed by atoms with van der Waals surface area (Å²) in [5, 5.41) is 6.83. The second-order valence-corrected chi connectivity index (χ2v) is 3.83. The molecule has 0 saturated heterocycles. The Kier molecular flexibility index (Phi) is 2.90. The summed E-state index contributed by atoms with van der Waals surface area (Å²) in [6.45, 7) is 0. The average molecular weight is 256 g/mol. The molecule has 1 heterocycles. The van der Waals surface area contributed by atoms with Crippen molar-refractivity contribution in [2.75, 3.05) is 11.1 Å². The van der Waals surface area contributed by atoms with Crippen molar-refractivity contribution in [3.05, 3.63) is 36.2 Å². The van der Waals surface area contributed by atoms with Crippen molar-refractivity contribution >= 4 is 17.1 Å². The number of benzene rings is 1. The summed E-state index contributed by atoms with van der Waals surface area (Å²) in [4.78, 5) is 0. The number of aryl methyl sites for hydroxylation is 1. The minimum atomic E-state index is -4.39. The molecular formula is C11H11F3N4. The Bertz CT molecular complexity index is 560. The van der Waals surface area contributed by atoms with Crippen molar-refractivity contribution in [3.8, 4) is 0 Å². The number of hydrogen-bond acceptors (Lipinski definition) is 3. The molecule has 0 radical (unpaired) electrons. The van der Waals surface area contributed by atoms with Crippen LogP contribution in [0.4, 0.5) is 30.2 Å². The highest BCUT2D eigenvalue weighted by Crippen LogP contribution is 2.33. The van der Waals surface area contributed by atoms with Gasteiger partial charge in [0.15, 0.2) is 0 Å². The van der Waals surface area contributed by atoms with Crippen LogP contribution in [-0.4, -0.2) is 9.78 Å². The number of hydrogen-bond donors (Lipinski definition) is 2. The van der Waals surface area contributed by atoms with Crippen LogP contribution >= 0.6 is 0 Å². The molecule has 1 aromatic heterocycles. The van der Waals surface area contributed by atoms with Gasteiger partial charge < -0.3 is 11.1 Å². The Balaban J connectivity index is 2.25. The van der Waals surface area contributed by atoms with Crippen LogP contribution in [0.15, 0.2) is 30.6 Å². The maximum absolute atomic E-state index is 12.4. The number of nitrogens with zero attached hydrogens (tertiary/aromatic N) is 2. The van der Waals surface area contributed by atoms with Gasteiger partial charge in [-0.3, -0.25) is 4.68 Å². The lowest BCUT2D eigenvalue weighted by atomic mass is 10.1. The van der Waals surface area contributed by atoms with Crippen LogP contribution in [0.3, 0.4) is 0 Å². The second kappa shape index (κ2) is 4.25. The van der Waals surface area contributed by atoms with Gasteiger partial charge in [-0.05, 0) is 18.2 Å². The summed E-state index contributed by atoms with van der Waals surface area (Å²) in [5.41, 5.74) is 5.92. The molecule has 0 spiro atoms. The zero-order chi connectivity index (χ0) is 13.3. The molecule has 0 aliphatic heterocycles. The number of nitrogens with one attached hydrogen (secondary N) is 1. The van der Waals surface area contributed by atoms with E-state index in [2.05, 4.69) is 10.4 Å². The summed E-state index contributed by atoms with van der Waals surface area (Å²) in [7, 11) is 1.74. The Morgan fingerprint density at radius 2 is 2.06 bits per heavy atom. The molecular weight excluding hydrogens is 245 g/mol. The zero-order valence-electron chi connectivity index (χ0n) is 9.49. The van der Waals surface area contributed by atoms with Crippen LogP contribution in [0.1, 0.15) is 5.56 Å². The standard InChI is InChI=1S/C11H11F3N4/c1-18-6-8(5-16-18)17-10-3-2-7(4-9(10)15)11(12,13)14/h2-6,17H,15H2,1H3. The molecule has 0 bridgehead atoms. The minimum absolute atomic E-state index is 0.0358. The van der Waals surface area contributed by atoms with Gasteiger partial charge in [-0.2, -0.15) is 18.3 Å². The lowest BCUT2D eigenvalue weighted by molar-refractivity contribution is -0.137. The fraction of sp³-hybridized carbons (Fsp3) is 0.182. The number of halogens is 3. The number of aromatic nitrogens is 2. The lowest BCUT2D eigenvalue weighted by Gasteiger charge is -2.11. The molecule has 96 valence electrons. The van der Waals surface area contributed by atoms with Gasteiger partial charge in [-0.1, -0.05) is 0 Å². The van der Waals surface area contributed by atoms with Gasteiger partial charge in [0.25, 0.3) is 0 Å². The quantitative estimate of drug-likeness (QED) is 0.812. The fourth-order valence-corrected chi connectivity index (χ4v) is 1.49. The summed E-state index contributed by atoms with van der Waals surface area (Å²) in [5.74, 6) is 0. The average Bonchev–Trinajstić information content (AvgIpc) is 2.65. The van der Waals surface area contributed by atoms with Crippen molar-refractivity contribution in [2.24, 2.45) is 7.05 Å². The zero-order valence-corrected chi connectivity index (χ0v) is 9.49. The maximum Gasteiger partial charge on any atom is 0.416 e. The van der Waals surface area contributed by atoms with Crippen molar-refractivity contribution in [2.45, 2.75) is 6.18 Å². The van der Waals surface area contributed by atoms with Crippen LogP contribution in [0.5, 0.6) is 0 Å². The number of rotatable bonds is 2. The summed E-state index contributed by atoms with van der Waals surface area (Å²) in [6.07, 6.45) is -1.14. The molecule has 2 aromatic rings. The predicted octanol–water partition coefficient (Wildman–Crippen LogP) is 2.76. The van der Waals surface area contributed by atoms with Gasteiger partial charge in [0.1, 0.15) is 0 Å². The molecule has 1 aromatic carbocycles. The van der Waals surface area contributed by atoms with Gasteiger partial charge in [-0.15, -0.1) is 0 Å². The summed E-state index contributed by atoms with van der Waals surface area (Å²) in [6, 6.07) is 3.18. The monoisotopic (exact) mass is 256 g/mol. The highest BCUT2D eigenvalue weighted by Gasteiger charge is 2.30. The minimum Gasteiger partial charge on any atom is -0.397 e. The van der Waals surface area contributed by atoms with Crippen LogP contribution in [0.25, 0.3) is 0 Å². The first-order valence-corrected chi connectivity index (χ1v) is 5.08. The Morgan fingerprint density at radius 3 is 2.56 bits per heavy atom. The van der Waals surface area contributed by atoms with E-state index in [-0.39, 0.29) is 5.69 Å². The van der Waals surface area contributed by atoms with Gasteiger partial charge in [0.2, 0.25) is 0 Å². The van der Waals surface area contributed by atoms with Gasteiger partial charge in [0.05, 0.1) is 28.8 Å². The number of nitrogen functional groups attached to an aromatic ring is 1. The Labute approximate surface area is 101 Å². The van der Waals surface area contributed by atoms with Gasteiger partial charge in [-0.25, -0.2) is 0 Å². The lowest BCUT2D eigenvalue weighted by Crippen LogP contribution is -2.06. The molecule has 0 fully saturated rings. The van der Waals surface area contributed by atoms with Crippen molar-refractivity contribution in [1.82, 2.24) is 9.78 Å². The van der Waals surface area contributed by atoms with E-state index < -0.39 is 11.7 Å². The first-order chi connectivity index (χ1) is 8.36. The maximum atomic E-state index is 12.4. The highest BCUT2D eigenvalue weighted by molar-refractivity contribution is 5.72. The summed E-state index contributed by atoms with van der Waals surface area (Å²) >= 11 is 0. The number of nitrogens with two attached hydrogens (primary N) is 1. The van der Waals surface area contributed by atoms with Crippen LogP contribution < -0.4 is 11.1 Å². The second-order valence-electron chi connectivity index (χ2n) is 3.83. The third-order valence-electron chi connectivity index (χ3n) is 2.36. The first-order valence-electron chi connectivity index (χ1n) is 5.08. The number of alkyl halides is 3. The SMILES string of the molecule is Cn1cc(Nc2ccc(C(F)(F)F)cc2N)cn1. The normalized spacial score (nSPS) is 11.6. The summed E-state index contributed by atoms with van der Waals surface area (Å²) < 4.78 is 38.9. The molecule has 4 nitrogen and oxygen atoms in total. The van der Waals surface area contributed by atoms with E-state index in [0.717, 1.165) is 12.1 Å². The molecule has 0 saturated carbocycles. The molecule has 3 N–H and O–H groups in total.